The Kier molecular flexibility index (Phi) is 4.95. The number of amides is 1. The highest BCUT2D eigenvalue weighted by Crippen LogP contribution is 2.22. The molecular formula is C19H18ClFN6O. The number of piperazine rings is 1. The van der Waals surface area contributed by atoms with Crippen LogP contribution in [0, 0.1) is 12.7 Å². The first kappa shape index (κ1) is 18.4. The van der Waals surface area contributed by atoms with Crippen LogP contribution in [0.5, 0.6) is 0 Å². The summed E-state index contributed by atoms with van der Waals surface area (Å²) < 4.78 is 15.7. The molecule has 2 aromatic heterocycles. The molecule has 7 nitrogen and oxygen atoms in total. The molecule has 0 aliphatic carbocycles. The van der Waals surface area contributed by atoms with Crippen LogP contribution < -0.4 is 4.90 Å². The van der Waals surface area contributed by atoms with Gasteiger partial charge in [-0.15, -0.1) is 10.2 Å². The third-order valence-electron chi connectivity index (χ3n) is 4.66. The molecule has 0 bridgehead atoms. The van der Waals surface area contributed by atoms with E-state index in [1.165, 1.54) is 18.2 Å². The average Bonchev–Trinajstić information content (AvgIpc) is 3.14. The zero-order valence-corrected chi connectivity index (χ0v) is 16.0. The second-order valence-electron chi connectivity index (χ2n) is 6.53. The van der Waals surface area contributed by atoms with Crippen molar-refractivity contribution in [2.45, 2.75) is 6.92 Å². The Morgan fingerprint density at radius 3 is 2.36 bits per heavy atom. The molecule has 0 saturated carbocycles. The zero-order chi connectivity index (χ0) is 19.7. The number of halogens is 2. The van der Waals surface area contributed by atoms with Crippen LogP contribution in [0.4, 0.5) is 10.2 Å². The summed E-state index contributed by atoms with van der Waals surface area (Å²) in [7, 11) is 0. The number of nitrogens with zero attached hydrogens (tertiary/aromatic N) is 6. The van der Waals surface area contributed by atoms with Crippen molar-refractivity contribution in [1.82, 2.24) is 24.9 Å². The van der Waals surface area contributed by atoms with Crippen molar-refractivity contribution in [2.75, 3.05) is 31.1 Å². The van der Waals surface area contributed by atoms with Crippen molar-refractivity contribution >= 4 is 23.3 Å². The number of rotatable bonds is 3. The summed E-state index contributed by atoms with van der Waals surface area (Å²) in [6, 6.07) is 9.88. The standard InChI is InChI=1S/C19H18ClFN6O/c1-13-7-8-27(24-13)17-6-5-16(22-23-17)25-9-11-26(12-10-25)19(28)18-14(20)3-2-4-15(18)21/h2-8H,9-12H2,1H3. The van der Waals surface area contributed by atoms with Gasteiger partial charge in [-0.3, -0.25) is 4.79 Å². The van der Waals surface area contributed by atoms with E-state index < -0.39 is 11.7 Å². The third kappa shape index (κ3) is 3.55. The van der Waals surface area contributed by atoms with Crippen molar-refractivity contribution in [3.63, 3.8) is 0 Å². The Bertz CT molecular complexity index is 978. The summed E-state index contributed by atoms with van der Waals surface area (Å²) in [5.74, 6) is 0.372. The van der Waals surface area contributed by atoms with E-state index >= 15 is 0 Å². The fraction of sp³-hybridized carbons (Fsp3) is 0.263. The summed E-state index contributed by atoms with van der Waals surface area (Å²) in [5.41, 5.74) is 0.831. The maximum Gasteiger partial charge on any atom is 0.258 e. The van der Waals surface area contributed by atoms with Gasteiger partial charge >= 0.3 is 0 Å². The summed E-state index contributed by atoms with van der Waals surface area (Å²) in [4.78, 5) is 16.3. The lowest BCUT2D eigenvalue weighted by atomic mass is 10.1. The minimum Gasteiger partial charge on any atom is -0.352 e. The van der Waals surface area contributed by atoms with Gasteiger partial charge in [0, 0.05) is 32.4 Å². The molecule has 144 valence electrons. The van der Waals surface area contributed by atoms with Crippen LogP contribution in [0.15, 0.2) is 42.6 Å². The molecule has 0 radical (unpaired) electrons. The lowest BCUT2D eigenvalue weighted by molar-refractivity contribution is 0.0742. The Balaban J connectivity index is 1.42. The smallest absolute Gasteiger partial charge is 0.258 e. The molecule has 3 heterocycles. The van der Waals surface area contributed by atoms with Gasteiger partial charge in [-0.2, -0.15) is 5.10 Å². The molecule has 1 aliphatic heterocycles. The highest BCUT2D eigenvalue weighted by Gasteiger charge is 2.26. The van der Waals surface area contributed by atoms with Gasteiger partial charge in [0.1, 0.15) is 5.82 Å². The first-order valence-electron chi connectivity index (χ1n) is 8.87. The van der Waals surface area contributed by atoms with Crippen LogP contribution in [0.25, 0.3) is 5.82 Å². The fourth-order valence-corrected chi connectivity index (χ4v) is 3.39. The number of anilines is 1. The number of carbonyl (C=O) groups excluding carboxylic acids is 1. The normalized spacial score (nSPS) is 14.4. The highest BCUT2D eigenvalue weighted by molar-refractivity contribution is 6.33. The number of benzene rings is 1. The molecule has 1 aromatic carbocycles. The third-order valence-corrected chi connectivity index (χ3v) is 4.98. The number of hydrogen-bond donors (Lipinski definition) is 0. The summed E-state index contributed by atoms with van der Waals surface area (Å²) >= 11 is 6.01. The van der Waals surface area contributed by atoms with E-state index in [9.17, 15) is 9.18 Å². The minimum atomic E-state index is -0.602. The first-order chi connectivity index (χ1) is 13.5. The first-order valence-corrected chi connectivity index (χ1v) is 9.25. The van der Waals surface area contributed by atoms with Crippen LogP contribution in [0.1, 0.15) is 16.1 Å². The fourth-order valence-electron chi connectivity index (χ4n) is 3.15. The monoisotopic (exact) mass is 400 g/mol. The second-order valence-corrected chi connectivity index (χ2v) is 6.93. The molecule has 28 heavy (non-hydrogen) atoms. The van der Waals surface area contributed by atoms with Crippen molar-refractivity contribution < 1.29 is 9.18 Å². The van der Waals surface area contributed by atoms with E-state index in [4.69, 9.17) is 11.6 Å². The van der Waals surface area contributed by atoms with Crippen LogP contribution in [-0.4, -0.2) is 57.0 Å². The highest BCUT2D eigenvalue weighted by atomic mass is 35.5. The topological polar surface area (TPSA) is 67.2 Å². The molecule has 0 unspecified atom stereocenters. The maximum absolute atomic E-state index is 14.0. The molecule has 3 aromatic rings. The zero-order valence-electron chi connectivity index (χ0n) is 15.2. The molecule has 1 saturated heterocycles. The summed E-state index contributed by atoms with van der Waals surface area (Å²) in [6.45, 7) is 3.96. The number of hydrogen-bond acceptors (Lipinski definition) is 5. The van der Waals surface area contributed by atoms with Crippen LogP contribution in [0.2, 0.25) is 5.02 Å². The SMILES string of the molecule is Cc1ccn(-c2ccc(N3CCN(C(=O)c4c(F)cccc4Cl)CC3)nn2)n1. The Labute approximate surface area is 166 Å². The number of aryl methyl sites for hydroxylation is 1. The molecule has 0 spiro atoms. The predicted molar refractivity (Wildman–Crippen MR) is 103 cm³/mol. The van der Waals surface area contributed by atoms with E-state index in [0.717, 1.165) is 11.5 Å². The van der Waals surface area contributed by atoms with Gasteiger partial charge in [0.15, 0.2) is 11.6 Å². The van der Waals surface area contributed by atoms with E-state index in [-0.39, 0.29) is 10.6 Å². The minimum absolute atomic E-state index is 0.0729. The van der Waals surface area contributed by atoms with Crippen LogP contribution in [-0.2, 0) is 0 Å². The van der Waals surface area contributed by atoms with Gasteiger partial charge in [0.25, 0.3) is 5.91 Å². The number of aromatic nitrogens is 4. The second kappa shape index (κ2) is 7.55. The average molecular weight is 401 g/mol. The van der Waals surface area contributed by atoms with Crippen molar-refractivity contribution in [3.05, 3.63) is 64.7 Å². The largest absolute Gasteiger partial charge is 0.352 e. The predicted octanol–water partition coefficient (Wildman–Crippen LogP) is 2.73. The summed E-state index contributed by atoms with van der Waals surface area (Å²) in [6.07, 6.45) is 1.83. The lowest BCUT2D eigenvalue weighted by Crippen LogP contribution is -2.49. The van der Waals surface area contributed by atoms with E-state index in [0.29, 0.717) is 32.0 Å². The molecule has 0 N–H and O–H groups in total. The number of carbonyl (C=O) groups is 1. The molecule has 9 heteroatoms. The maximum atomic E-state index is 14.0. The van der Waals surface area contributed by atoms with Crippen LogP contribution in [0.3, 0.4) is 0 Å². The van der Waals surface area contributed by atoms with Gasteiger partial charge in [0.2, 0.25) is 0 Å². The quantitative estimate of drug-likeness (QED) is 0.676. The van der Waals surface area contributed by atoms with Gasteiger partial charge in [-0.05, 0) is 37.3 Å². The molecular weight excluding hydrogens is 383 g/mol. The van der Waals surface area contributed by atoms with Gasteiger partial charge in [0.05, 0.1) is 16.3 Å². The Morgan fingerprint density at radius 2 is 1.75 bits per heavy atom. The molecule has 4 rings (SSSR count). The van der Waals surface area contributed by atoms with Crippen molar-refractivity contribution in [3.8, 4) is 5.82 Å². The van der Waals surface area contributed by atoms with E-state index in [1.807, 2.05) is 36.2 Å². The van der Waals surface area contributed by atoms with Crippen molar-refractivity contribution in [2.24, 2.45) is 0 Å². The van der Waals surface area contributed by atoms with Crippen LogP contribution >= 0.6 is 11.6 Å². The molecule has 1 aliphatic rings. The molecule has 1 amide bonds. The summed E-state index contributed by atoms with van der Waals surface area (Å²) in [5, 5.41) is 12.9. The molecule has 0 atom stereocenters. The van der Waals surface area contributed by atoms with Gasteiger partial charge in [-0.25, -0.2) is 9.07 Å². The Morgan fingerprint density at radius 1 is 1.04 bits per heavy atom. The Hall–Kier alpha value is -3.00. The van der Waals surface area contributed by atoms with Gasteiger partial charge in [-0.1, -0.05) is 17.7 Å². The lowest BCUT2D eigenvalue weighted by Gasteiger charge is -2.35. The van der Waals surface area contributed by atoms with Gasteiger partial charge < -0.3 is 9.80 Å². The van der Waals surface area contributed by atoms with E-state index in [1.54, 1.807) is 9.58 Å². The molecule has 1 fully saturated rings. The van der Waals surface area contributed by atoms with Crippen molar-refractivity contribution in [1.29, 1.82) is 0 Å². The van der Waals surface area contributed by atoms with E-state index in [2.05, 4.69) is 15.3 Å².